The zero-order valence-electron chi connectivity index (χ0n) is 20.2. The molecule has 2 heteroatoms. The second-order valence-corrected chi connectivity index (χ2v) is 7.45. The number of aryl methyl sites for hydroxylation is 2. The van der Waals surface area contributed by atoms with E-state index in [2.05, 4.69) is 36.4 Å². The molecule has 0 saturated heterocycles. The van der Waals surface area contributed by atoms with Crippen LogP contribution >= 0.6 is 0 Å². The first-order valence-electron chi connectivity index (χ1n) is 11.4. The fourth-order valence-corrected chi connectivity index (χ4v) is 4.01. The molecule has 0 aliphatic rings. The summed E-state index contributed by atoms with van der Waals surface area (Å²) in [6.45, 7) is 1.04. The minimum Gasteiger partial charge on any atom is -0.456 e. The number of hydrogen-bond acceptors (Lipinski definition) is 1. The van der Waals surface area contributed by atoms with E-state index in [0.717, 1.165) is 44.1 Å². The lowest BCUT2D eigenvalue weighted by atomic mass is 9.97. The van der Waals surface area contributed by atoms with Crippen LogP contribution in [0.1, 0.15) is 36.3 Å². The Morgan fingerprint density at radius 3 is 2.57 bits per heavy atom. The lowest BCUT2D eigenvalue weighted by Gasteiger charge is -2.09. The first kappa shape index (κ1) is 13.1. The van der Waals surface area contributed by atoms with Crippen molar-refractivity contribution in [2.24, 2.45) is 7.05 Å². The molecule has 0 saturated carbocycles. The normalized spacial score (nSPS) is 16.5. The third-order valence-electron chi connectivity index (χ3n) is 5.61. The van der Waals surface area contributed by atoms with Crippen molar-refractivity contribution in [2.75, 3.05) is 0 Å². The molecule has 0 N–H and O–H groups in total. The summed E-state index contributed by atoms with van der Waals surface area (Å²) in [4.78, 5) is 0. The van der Waals surface area contributed by atoms with Crippen molar-refractivity contribution in [1.29, 1.82) is 0 Å². The van der Waals surface area contributed by atoms with Crippen LogP contribution in [0.3, 0.4) is 0 Å². The average Bonchev–Trinajstić information content (AvgIpc) is 3.10. The van der Waals surface area contributed by atoms with Crippen LogP contribution in [0.2, 0.25) is 0 Å². The minimum absolute atomic E-state index is 0.459. The van der Waals surface area contributed by atoms with E-state index in [0.29, 0.717) is 5.56 Å². The van der Waals surface area contributed by atoms with Gasteiger partial charge in [0.25, 0.3) is 0 Å². The number of benzene rings is 3. The van der Waals surface area contributed by atoms with Crippen molar-refractivity contribution in [3.05, 3.63) is 78.0 Å². The van der Waals surface area contributed by atoms with Crippen LogP contribution in [-0.4, -0.2) is 0 Å². The molecule has 5 aromatic rings. The summed E-state index contributed by atoms with van der Waals surface area (Å²) in [5.74, 6) is -1.70. The molecule has 0 aliphatic heterocycles. The van der Waals surface area contributed by atoms with Gasteiger partial charge in [0.1, 0.15) is 18.2 Å². The Kier molecular flexibility index (Phi) is 2.90. The van der Waals surface area contributed by atoms with E-state index >= 15 is 0 Å². The SMILES string of the molecule is [2H]C([2H])([2H])C([2H])(C)c1cc[n+](C)c(-c2ccc3c(oc4cc5ccccc5cc43)c2C)c1. The van der Waals surface area contributed by atoms with Crippen molar-refractivity contribution in [3.63, 3.8) is 0 Å². The third kappa shape index (κ3) is 2.52. The molecule has 3 aromatic carbocycles. The van der Waals surface area contributed by atoms with Gasteiger partial charge in [-0.25, -0.2) is 4.57 Å². The molecule has 1 atom stereocenters. The predicted octanol–water partition coefficient (Wildman–Crippen LogP) is 6.66. The summed E-state index contributed by atoms with van der Waals surface area (Å²) in [7, 11) is 1.92. The first-order valence-corrected chi connectivity index (χ1v) is 9.43. The summed E-state index contributed by atoms with van der Waals surface area (Å²) in [5, 5.41) is 4.43. The molecule has 0 fully saturated rings. The molecule has 138 valence electrons. The van der Waals surface area contributed by atoms with Crippen molar-refractivity contribution in [3.8, 4) is 11.3 Å². The summed E-state index contributed by atoms with van der Waals surface area (Å²) in [5.41, 5.74) is 4.90. The molecular formula is C26H24NO+. The summed E-state index contributed by atoms with van der Waals surface area (Å²) < 4.78 is 40.1. The van der Waals surface area contributed by atoms with Crippen molar-refractivity contribution >= 4 is 32.7 Å². The van der Waals surface area contributed by atoms with Gasteiger partial charge in [0, 0.05) is 34.0 Å². The Labute approximate surface area is 170 Å². The number of fused-ring (bicyclic) bond motifs is 4. The van der Waals surface area contributed by atoms with E-state index in [-0.39, 0.29) is 0 Å². The van der Waals surface area contributed by atoms with Crippen LogP contribution < -0.4 is 4.57 Å². The predicted molar refractivity (Wildman–Crippen MR) is 117 cm³/mol. The van der Waals surface area contributed by atoms with Gasteiger partial charge in [0.05, 0.1) is 5.56 Å². The highest BCUT2D eigenvalue weighted by Gasteiger charge is 2.19. The molecule has 0 spiro atoms. The van der Waals surface area contributed by atoms with E-state index in [1.807, 2.05) is 42.9 Å². The maximum absolute atomic E-state index is 8.49. The smallest absolute Gasteiger partial charge is 0.212 e. The molecule has 1 unspecified atom stereocenters. The van der Waals surface area contributed by atoms with E-state index in [4.69, 9.17) is 9.90 Å². The van der Waals surface area contributed by atoms with Crippen LogP contribution in [0.5, 0.6) is 0 Å². The second-order valence-electron chi connectivity index (χ2n) is 7.45. The molecule has 2 nitrogen and oxygen atoms in total. The number of pyridine rings is 1. The minimum atomic E-state index is -2.43. The molecule has 0 aliphatic carbocycles. The van der Waals surface area contributed by atoms with Crippen LogP contribution in [0.25, 0.3) is 44.0 Å². The monoisotopic (exact) mass is 370 g/mol. The fraction of sp³-hybridized carbons (Fsp3) is 0.192. The summed E-state index contributed by atoms with van der Waals surface area (Å²) in [6, 6.07) is 20.1. The average molecular weight is 371 g/mol. The topological polar surface area (TPSA) is 17.0 Å². The Balaban J connectivity index is 1.73. The maximum atomic E-state index is 8.49. The zero-order chi connectivity index (χ0) is 22.8. The number of aromatic nitrogens is 1. The molecule has 0 amide bonds. The van der Waals surface area contributed by atoms with Gasteiger partial charge in [0.2, 0.25) is 5.69 Å². The lowest BCUT2D eigenvalue weighted by Crippen LogP contribution is -2.30. The number of nitrogens with zero attached hydrogens (tertiary/aromatic N) is 1. The number of rotatable bonds is 2. The van der Waals surface area contributed by atoms with Crippen molar-refractivity contribution in [2.45, 2.75) is 26.6 Å². The van der Waals surface area contributed by atoms with Crippen molar-refractivity contribution < 1.29 is 14.5 Å². The van der Waals surface area contributed by atoms with Crippen LogP contribution in [0.4, 0.5) is 0 Å². The van der Waals surface area contributed by atoms with Gasteiger partial charge >= 0.3 is 0 Å². The van der Waals surface area contributed by atoms with Crippen LogP contribution in [0.15, 0.2) is 71.3 Å². The van der Waals surface area contributed by atoms with Gasteiger partial charge in [-0.3, -0.25) is 0 Å². The van der Waals surface area contributed by atoms with Crippen LogP contribution in [0, 0.1) is 6.92 Å². The molecule has 0 bridgehead atoms. The summed E-state index contributed by atoms with van der Waals surface area (Å²) in [6.07, 6.45) is 1.82. The molecule has 5 rings (SSSR count). The standard InChI is InChI=1S/C26H24NO/c1-16(2)18-11-12-27(4)24(14-18)21-9-10-22-23-13-19-7-5-6-8-20(19)15-25(23)28-26(22)17(21)3/h5-16H,1-4H3/q+1/i1D3,16D. The number of furan rings is 1. The van der Waals surface area contributed by atoms with Crippen LogP contribution in [-0.2, 0) is 7.05 Å². The molecular weight excluding hydrogens is 342 g/mol. The first-order chi connectivity index (χ1) is 15.1. The van der Waals surface area contributed by atoms with E-state index in [1.165, 1.54) is 12.3 Å². The van der Waals surface area contributed by atoms with Gasteiger partial charge in [-0.2, -0.15) is 0 Å². The third-order valence-corrected chi connectivity index (χ3v) is 5.61. The van der Waals surface area contributed by atoms with E-state index in [9.17, 15) is 0 Å². The van der Waals surface area contributed by atoms with E-state index in [1.54, 1.807) is 6.07 Å². The fourth-order valence-electron chi connectivity index (χ4n) is 4.01. The zero-order valence-corrected chi connectivity index (χ0v) is 16.2. The molecule has 2 heterocycles. The van der Waals surface area contributed by atoms with E-state index < -0.39 is 12.7 Å². The Morgan fingerprint density at radius 1 is 1.00 bits per heavy atom. The second kappa shape index (κ2) is 6.20. The maximum Gasteiger partial charge on any atom is 0.212 e. The Morgan fingerprint density at radius 2 is 1.79 bits per heavy atom. The highest BCUT2D eigenvalue weighted by molar-refractivity contribution is 6.11. The molecule has 28 heavy (non-hydrogen) atoms. The highest BCUT2D eigenvalue weighted by Crippen LogP contribution is 2.37. The van der Waals surface area contributed by atoms with Gasteiger partial charge in [0.15, 0.2) is 6.20 Å². The van der Waals surface area contributed by atoms with Gasteiger partial charge in [-0.05, 0) is 53.4 Å². The molecule has 2 aromatic heterocycles. The lowest BCUT2D eigenvalue weighted by molar-refractivity contribution is -0.660. The van der Waals surface area contributed by atoms with Gasteiger partial charge < -0.3 is 4.42 Å². The molecule has 0 radical (unpaired) electrons. The largest absolute Gasteiger partial charge is 0.456 e. The number of hydrogen-bond donors (Lipinski definition) is 0. The Bertz CT molecular complexity index is 1510. The van der Waals surface area contributed by atoms with Gasteiger partial charge in [-0.15, -0.1) is 0 Å². The van der Waals surface area contributed by atoms with Gasteiger partial charge in [-0.1, -0.05) is 38.0 Å². The quantitative estimate of drug-likeness (QED) is 0.317. The Hall–Kier alpha value is -3.13. The highest BCUT2D eigenvalue weighted by atomic mass is 16.3. The summed E-state index contributed by atoms with van der Waals surface area (Å²) >= 11 is 0. The van der Waals surface area contributed by atoms with Crippen molar-refractivity contribution in [1.82, 2.24) is 0 Å².